The van der Waals surface area contributed by atoms with Crippen molar-refractivity contribution in [2.75, 3.05) is 6.54 Å². The molecule has 0 radical (unpaired) electrons. The lowest BCUT2D eigenvalue weighted by molar-refractivity contribution is 0.0924. The van der Waals surface area contributed by atoms with Gasteiger partial charge in [0, 0.05) is 12.7 Å². The highest BCUT2D eigenvalue weighted by Gasteiger charge is 2.21. The molecule has 0 spiro atoms. The Morgan fingerprint density at radius 2 is 1.90 bits per heavy atom. The third kappa shape index (κ3) is 3.28. The minimum atomic E-state index is -0.496. The summed E-state index contributed by atoms with van der Waals surface area (Å²) in [6, 6.07) is 17.0. The summed E-state index contributed by atoms with van der Waals surface area (Å²) in [4.78, 5) is 20.8. The third-order valence-electron chi connectivity index (χ3n) is 4.71. The van der Waals surface area contributed by atoms with Crippen molar-refractivity contribution in [2.45, 2.75) is 6.54 Å². The highest BCUT2D eigenvalue weighted by molar-refractivity contribution is 5.94. The zero-order chi connectivity index (χ0) is 20.5. The Kier molecular flexibility index (Phi) is 4.44. The van der Waals surface area contributed by atoms with Crippen molar-refractivity contribution in [3.8, 4) is 34.3 Å². The molecular weight excluding hydrogens is 385 g/mol. The first kappa shape index (κ1) is 18.0. The lowest BCUT2D eigenvalue weighted by Crippen LogP contribution is -2.35. The Hall–Kier alpha value is -4.07. The maximum atomic E-state index is 14.8. The van der Waals surface area contributed by atoms with Gasteiger partial charge in [-0.05, 0) is 36.4 Å². The van der Waals surface area contributed by atoms with Gasteiger partial charge in [-0.2, -0.15) is 5.10 Å². The van der Waals surface area contributed by atoms with Gasteiger partial charge in [-0.1, -0.05) is 24.3 Å². The molecule has 1 N–H and O–H groups in total. The summed E-state index contributed by atoms with van der Waals surface area (Å²) >= 11 is 0. The summed E-state index contributed by atoms with van der Waals surface area (Å²) in [5, 5.41) is 7.24. The largest absolute Gasteiger partial charge is 0.456 e. The molecule has 1 aliphatic rings. The maximum Gasteiger partial charge on any atom is 0.269 e. The lowest BCUT2D eigenvalue weighted by atomic mass is 10.1. The van der Waals surface area contributed by atoms with E-state index < -0.39 is 5.82 Å². The molecule has 0 unspecified atom stereocenters. The van der Waals surface area contributed by atoms with Crippen LogP contribution in [0.3, 0.4) is 0 Å². The Bertz CT molecular complexity index is 1240. The number of nitrogens with one attached hydrogen (secondary N) is 1. The number of rotatable bonds is 4. The fraction of sp³-hybridized carbons (Fsp3) is 0.0909. The lowest BCUT2D eigenvalue weighted by Gasteiger charge is -2.13. The number of amides is 1. The van der Waals surface area contributed by atoms with Crippen molar-refractivity contribution in [3.63, 3.8) is 0 Å². The van der Waals surface area contributed by atoms with Crippen LogP contribution in [0, 0.1) is 5.82 Å². The van der Waals surface area contributed by atoms with Gasteiger partial charge in [0.2, 0.25) is 0 Å². The van der Waals surface area contributed by atoms with E-state index >= 15 is 0 Å². The maximum absolute atomic E-state index is 14.8. The Morgan fingerprint density at radius 1 is 1.03 bits per heavy atom. The molecule has 8 heteroatoms. The van der Waals surface area contributed by atoms with E-state index in [1.54, 1.807) is 41.1 Å². The fourth-order valence-corrected chi connectivity index (χ4v) is 3.30. The minimum absolute atomic E-state index is 0.157. The molecule has 3 heterocycles. The predicted octanol–water partition coefficient (Wildman–Crippen LogP) is 3.68. The first-order chi connectivity index (χ1) is 14.7. The quantitative estimate of drug-likeness (QED) is 0.564. The molecule has 0 atom stereocenters. The van der Waals surface area contributed by atoms with Gasteiger partial charge in [-0.25, -0.2) is 14.4 Å². The van der Waals surface area contributed by atoms with Crippen molar-refractivity contribution in [2.24, 2.45) is 0 Å². The molecular formula is C22H16FN5O2. The number of ether oxygens (including phenoxy) is 1. The van der Waals surface area contributed by atoms with E-state index in [0.717, 1.165) is 0 Å². The van der Waals surface area contributed by atoms with E-state index in [0.29, 0.717) is 41.7 Å². The summed E-state index contributed by atoms with van der Waals surface area (Å²) in [7, 11) is 0. The number of benzene rings is 2. The molecule has 1 aliphatic heterocycles. The van der Waals surface area contributed by atoms with Crippen LogP contribution < -0.4 is 10.1 Å². The van der Waals surface area contributed by atoms with E-state index in [-0.39, 0.29) is 17.3 Å². The number of halogens is 1. The fourth-order valence-electron chi connectivity index (χ4n) is 3.30. The second-order valence-electron chi connectivity index (χ2n) is 6.69. The molecule has 1 amide bonds. The number of hydrogen-bond acceptors (Lipinski definition) is 5. The molecule has 0 fully saturated rings. The smallest absolute Gasteiger partial charge is 0.269 e. The monoisotopic (exact) mass is 401 g/mol. The van der Waals surface area contributed by atoms with Gasteiger partial charge in [0.25, 0.3) is 5.91 Å². The summed E-state index contributed by atoms with van der Waals surface area (Å²) in [6.45, 7) is 1.11. The van der Waals surface area contributed by atoms with Gasteiger partial charge in [-0.3, -0.25) is 9.48 Å². The molecule has 30 heavy (non-hydrogen) atoms. The number of fused-ring (bicyclic) bond motifs is 1. The van der Waals surface area contributed by atoms with Gasteiger partial charge < -0.3 is 10.1 Å². The Morgan fingerprint density at radius 3 is 2.73 bits per heavy atom. The Balaban J connectivity index is 1.56. The van der Waals surface area contributed by atoms with Gasteiger partial charge in [0.05, 0.1) is 17.8 Å². The van der Waals surface area contributed by atoms with Crippen molar-refractivity contribution >= 4 is 5.91 Å². The zero-order valence-electron chi connectivity index (χ0n) is 15.7. The number of carbonyl (C=O) groups is 1. The molecule has 0 aliphatic carbocycles. The highest BCUT2D eigenvalue weighted by atomic mass is 19.1. The number of hydrogen-bond donors (Lipinski definition) is 1. The third-order valence-corrected chi connectivity index (χ3v) is 4.71. The number of carbonyl (C=O) groups excluding carboxylic acids is 1. The van der Waals surface area contributed by atoms with E-state index in [4.69, 9.17) is 4.74 Å². The van der Waals surface area contributed by atoms with Crippen molar-refractivity contribution in [1.29, 1.82) is 0 Å². The van der Waals surface area contributed by atoms with Crippen molar-refractivity contribution < 1.29 is 13.9 Å². The molecule has 0 saturated carbocycles. The first-order valence-electron chi connectivity index (χ1n) is 9.40. The van der Waals surface area contributed by atoms with Crippen LogP contribution in [-0.2, 0) is 6.54 Å². The molecule has 2 aromatic carbocycles. The SMILES string of the molecule is O=C1NCCn2nc(-c3ccnc(-c4c(F)cccc4Oc4ccccc4)n3)cc21. The van der Waals surface area contributed by atoms with Crippen LogP contribution in [0.5, 0.6) is 11.5 Å². The van der Waals surface area contributed by atoms with E-state index in [9.17, 15) is 9.18 Å². The van der Waals surface area contributed by atoms with Gasteiger partial charge >= 0.3 is 0 Å². The molecule has 2 aromatic heterocycles. The second-order valence-corrected chi connectivity index (χ2v) is 6.69. The van der Waals surface area contributed by atoms with Crippen LogP contribution in [0.1, 0.15) is 10.5 Å². The van der Waals surface area contributed by atoms with Crippen LogP contribution in [0.4, 0.5) is 4.39 Å². The average Bonchev–Trinajstić information content (AvgIpc) is 3.21. The molecule has 7 nitrogen and oxygen atoms in total. The molecule has 4 aromatic rings. The van der Waals surface area contributed by atoms with Crippen molar-refractivity contribution in [3.05, 3.63) is 78.4 Å². The summed E-state index contributed by atoms with van der Waals surface area (Å²) in [5.41, 5.74) is 1.64. The summed E-state index contributed by atoms with van der Waals surface area (Å²) in [6.07, 6.45) is 1.54. The number of aromatic nitrogens is 4. The first-order valence-corrected chi connectivity index (χ1v) is 9.40. The number of nitrogens with zero attached hydrogens (tertiary/aromatic N) is 4. The molecule has 5 rings (SSSR count). The summed E-state index contributed by atoms with van der Waals surface area (Å²) in [5.74, 6) is 0.383. The normalized spacial score (nSPS) is 12.9. The standard InChI is InChI=1S/C22H16FN5O2/c23-15-7-4-8-19(30-14-5-2-1-3-6-14)20(15)21-24-10-9-16(26-21)17-13-18-22(29)25-11-12-28(18)27-17/h1-10,13H,11-12H2,(H,25,29). The zero-order valence-corrected chi connectivity index (χ0v) is 15.7. The van der Waals surface area contributed by atoms with E-state index in [2.05, 4.69) is 20.4 Å². The summed E-state index contributed by atoms with van der Waals surface area (Å²) < 4.78 is 22.3. The highest BCUT2D eigenvalue weighted by Crippen LogP contribution is 2.34. The second kappa shape index (κ2) is 7.40. The van der Waals surface area contributed by atoms with Crippen LogP contribution in [0.25, 0.3) is 22.8 Å². The van der Waals surface area contributed by atoms with Crippen LogP contribution in [0.15, 0.2) is 66.9 Å². The molecule has 148 valence electrons. The Labute approximate surface area is 171 Å². The van der Waals surface area contributed by atoms with Gasteiger partial charge in [0.15, 0.2) is 5.82 Å². The van der Waals surface area contributed by atoms with Gasteiger partial charge in [0.1, 0.15) is 28.7 Å². The van der Waals surface area contributed by atoms with Crippen LogP contribution in [-0.4, -0.2) is 32.2 Å². The van der Waals surface area contributed by atoms with Gasteiger partial charge in [-0.15, -0.1) is 0 Å². The van der Waals surface area contributed by atoms with Crippen molar-refractivity contribution in [1.82, 2.24) is 25.1 Å². The van der Waals surface area contributed by atoms with E-state index in [1.165, 1.54) is 12.3 Å². The average molecular weight is 401 g/mol. The molecule has 0 bridgehead atoms. The minimum Gasteiger partial charge on any atom is -0.456 e. The molecule has 0 saturated heterocycles. The predicted molar refractivity (Wildman–Crippen MR) is 107 cm³/mol. The van der Waals surface area contributed by atoms with E-state index in [1.807, 2.05) is 18.2 Å². The van der Waals surface area contributed by atoms with Crippen LogP contribution in [0.2, 0.25) is 0 Å². The number of para-hydroxylation sites is 1. The topological polar surface area (TPSA) is 81.9 Å². The van der Waals surface area contributed by atoms with Crippen LogP contribution >= 0.6 is 0 Å².